The van der Waals surface area contributed by atoms with Gasteiger partial charge in [0.15, 0.2) is 12.6 Å². The Morgan fingerprint density at radius 2 is 1.57 bits per heavy atom. The Hall–Kier alpha value is -1.31. The van der Waals surface area contributed by atoms with Crippen molar-refractivity contribution in [3.63, 3.8) is 0 Å². The normalized spacial score (nSPS) is 58.5. The van der Waals surface area contributed by atoms with Gasteiger partial charge in [-0.15, -0.1) is 0 Å². The molecule has 4 heterocycles. The molecule has 8 N–H and O–H groups in total. The SMILES string of the molecule is C[C@@H]1C[C@@H](O)[C@@]2(OC1=O)O[C@H]1[C@H](O)[C@H]3[C@@H]4CC=C5C[C@H](O[C@H]6O[C@@H](CO)[C@H](O)[C@H](O)[C@H]6O[C@@H]6O[C@@H](C)[C@@H](O)[C@@H](O)[C@H]6O)CC[C@@]5(C)[C@H]4CC[C@@]3(C)[C@H]1[C@@H]2C. The molecule has 1 spiro atoms. The molecule has 7 fully saturated rings. The van der Waals surface area contributed by atoms with Gasteiger partial charge in [0.05, 0.1) is 36.9 Å². The van der Waals surface area contributed by atoms with Gasteiger partial charge < -0.3 is 69.3 Å². The Kier molecular flexibility index (Phi) is 10.2. The summed E-state index contributed by atoms with van der Waals surface area (Å²) in [5.41, 5.74) is 0.797. The van der Waals surface area contributed by atoms with Gasteiger partial charge in [0.1, 0.15) is 48.8 Å². The van der Waals surface area contributed by atoms with Crippen LogP contribution in [-0.4, -0.2) is 145 Å². The van der Waals surface area contributed by atoms with Gasteiger partial charge >= 0.3 is 5.97 Å². The van der Waals surface area contributed by atoms with Gasteiger partial charge in [-0.2, -0.15) is 0 Å². The largest absolute Gasteiger partial charge is 0.430 e. The monoisotopic (exact) mass is 768 g/mol. The third-order valence-electron chi connectivity index (χ3n) is 15.6. The molecule has 0 unspecified atom stereocenters. The first-order valence-electron chi connectivity index (χ1n) is 20.1. The maximum absolute atomic E-state index is 12.7. The Balaban J connectivity index is 0.986. The molecule has 0 aromatic heterocycles. The Morgan fingerprint density at radius 1 is 0.833 bits per heavy atom. The van der Waals surface area contributed by atoms with Gasteiger partial charge in [-0.1, -0.05) is 39.3 Å². The highest BCUT2D eigenvalue weighted by molar-refractivity contribution is 5.73. The van der Waals surface area contributed by atoms with Crippen molar-refractivity contribution in [1.82, 2.24) is 0 Å². The third kappa shape index (κ3) is 5.74. The van der Waals surface area contributed by atoms with Gasteiger partial charge in [-0.3, -0.25) is 4.79 Å². The topological polar surface area (TPSA) is 234 Å². The Morgan fingerprint density at radius 3 is 2.30 bits per heavy atom. The van der Waals surface area contributed by atoms with E-state index in [4.69, 9.17) is 28.4 Å². The van der Waals surface area contributed by atoms with Crippen molar-refractivity contribution >= 4 is 5.97 Å². The lowest BCUT2D eigenvalue weighted by Crippen LogP contribution is -2.64. The standard InChI is InChI=1S/C39H60O15/c1-15-12-23(41)39(54-34(15)48)16(2)24-32(53-39)28(44)25-20-7-6-18-13-19(8-10-37(18,4)21(20)9-11-38(24,25)5)50-36-33(30(46)27(43)22(14-40)51-36)52-35-31(47)29(45)26(42)17(3)49-35/h6,15-17,19-33,35-36,40-47H,7-14H2,1-5H3/t15-,16+,17+,19-,20-,21+,22+,23-,24+,25-,26-,27+,28-,29-,30+,31-,32-,33-,35+,36+,37-,38+,39-/m1/s1. The second-order valence-corrected chi connectivity index (χ2v) is 18.4. The van der Waals surface area contributed by atoms with Crippen LogP contribution < -0.4 is 0 Å². The third-order valence-corrected chi connectivity index (χ3v) is 15.6. The number of carbonyl (C=O) groups is 1. The summed E-state index contributed by atoms with van der Waals surface area (Å²) in [6.45, 7) is 9.22. The highest BCUT2D eigenvalue weighted by atomic mass is 16.8. The molecule has 0 aromatic rings. The van der Waals surface area contributed by atoms with Crippen LogP contribution in [0.5, 0.6) is 0 Å². The van der Waals surface area contributed by atoms with Gasteiger partial charge in [0.25, 0.3) is 0 Å². The lowest BCUT2D eigenvalue weighted by Gasteiger charge is -2.59. The predicted octanol–water partition coefficient (Wildman–Crippen LogP) is -0.142. The van der Waals surface area contributed by atoms with E-state index in [0.717, 1.165) is 25.7 Å². The van der Waals surface area contributed by atoms with Crippen LogP contribution in [-0.2, 0) is 33.2 Å². The number of allylic oxidation sites excluding steroid dienone is 1. The van der Waals surface area contributed by atoms with E-state index in [1.165, 1.54) is 12.5 Å². The van der Waals surface area contributed by atoms with E-state index in [-0.39, 0.29) is 53.0 Å². The first-order chi connectivity index (χ1) is 25.5. The molecule has 4 aliphatic heterocycles. The number of rotatable bonds is 5. The van der Waals surface area contributed by atoms with Crippen LogP contribution in [0, 0.1) is 46.3 Å². The van der Waals surface area contributed by atoms with Gasteiger partial charge in [-0.25, -0.2) is 0 Å². The fourth-order valence-electron chi connectivity index (χ4n) is 12.6. The summed E-state index contributed by atoms with van der Waals surface area (Å²) in [6.07, 6.45) is -9.42. The number of hydrogen-bond acceptors (Lipinski definition) is 15. The van der Waals surface area contributed by atoms with Crippen molar-refractivity contribution in [2.75, 3.05) is 6.61 Å². The zero-order chi connectivity index (χ0) is 38.8. The van der Waals surface area contributed by atoms with Crippen molar-refractivity contribution in [2.45, 2.75) is 171 Å². The lowest BCUT2D eigenvalue weighted by atomic mass is 9.46. The van der Waals surface area contributed by atoms with Crippen molar-refractivity contribution in [2.24, 2.45) is 46.3 Å². The minimum atomic E-state index is -1.65. The van der Waals surface area contributed by atoms with Gasteiger partial charge in [0.2, 0.25) is 5.79 Å². The van der Waals surface area contributed by atoms with E-state index in [1.807, 2.05) is 6.92 Å². The van der Waals surface area contributed by atoms with Crippen molar-refractivity contribution in [3.8, 4) is 0 Å². The van der Waals surface area contributed by atoms with Gasteiger partial charge in [0, 0.05) is 11.8 Å². The summed E-state index contributed by atoms with van der Waals surface area (Å²) in [6, 6.07) is 0. The average Bonchev–Trinajstić information content (AvgIpc) is 3.55. The van der Waals surface area contributed by atoms with Crippen molar-refractivity contribution < 1.29 is 74.1 Å². The first-order valence-corrected chi connectivity index (χ1v) is 20.1. The van der Waals surface area contributed by atoms with Crippen molar-refractivity contribution in [1.29, 1.82) is 0 Å². The zero-order valence-electron chi connectivity index (χ0n) is 31.7. The second-order valence-electron chi connectivity index (χ2n) is 18.4. The average molecular weight is 769 g/mol. The van der Waals surface area contributed by atoms with Crippen LogP contribution in [0.3, 0.4) is 0 Å². The number of esters is 1. The van der Waals surface area contributed by atoms with Crippen LogP contribution in [0.2, 0.25) is 0 Å². The molecule has 8 aliphatic rings. The second kappa shape index (κ2) is 13.9. The Labute approximate surface area is 315 Å². The molecule has 4 aliphatic carbocycles. The molecular weight excluding hydrogens is 708 g/mol. The molecular formula is C39H60O15. The van der Waals surface area contributed by atoms with Crippen LogP contribution >= 0.6 is 0 Å². The first kappa shape index (κ1) is 39.5. The molecule has 4 saturated heterocycles. The lowest BCUT2D eigenvalue weighted by molar-refractivity contribution is -0.369. The predicted molar refractivity (Wildman–Crippen MR) is 184 cm³/mol. The van der Waals surface area contributed by atoms with E-state index in [1.54, 1.807) is 6.92 Å². The summed E-state index contributed by atoms with van der Waals surface area (Å²) in [5.74, 6) is -2.18. The molecule has 0 bridgehead atoms. The van der Waals surface area contributed by atoms with E-state index in [2.05, 4.69) is 19.9 Å². The van der Waals surface area contributed by atoms with E-state index < -0.39 is 98.0 Å². The smallest absolute Gasteiger partial charge is 0.311 e. The quantitative estimate of drug-likeness (QED) is 0.134. The van der Waals surface area contributed by atoms with Crippen LogP contribution in [0.1, 0.15) is 79.6 Å². The van der Waals surface area contributed by atoms with Gasteiger partial charge in [-0.05, 0) is 80.5 Å². The van der Waals surface area contributed by atoms with Crippen molar-refractivity contribution in [3.05, 3.63) is 11.6 Å². The molecule has 0 aromatic carbocycles. The summed E-state index contributed by atoms with van der Waals surface area (Å²) in [4.78, 5) is 12.7. The van der Waals surface area contributed by atoms with E-state index in [9.17, 15) is 45.6 Å². The number of hydrogen-bond donors (Lipinski definition) is 8. The molecule has 3 saturated carbocycles. The maximum Gasteiger partial charge on any atom is 0.311 e. The van der Waals surface area contributed by atoms with Crippen LogP contribution in [0.4, 0.5) is 0 Å². The maximum atomic E-state index is 12.7. The number of carbonyl (C=O) groups excluding carboxylic acids is 1. The minimum Gasteiger partial charge on any atom is -0.430 e. The molecule has 15 heteroatoms. The highest BCUT2D eigenvalue weighted by Gasteiger charge is 2.74. The number of ether oxygens (including phenoxy) is 6. The highest BCUT2D eigenvalue weighted by Crippen LogP contribution is 2.70. The summed E-state index contributed by atoms with van der Waals surface area (Å²) >= 11 is 0. The van der Waals surface area contributed by atoms with E-state index >= 15 is 0 Å². The fraction of sp³-hybridized carbons (Fsp3) is 0.923. The summed E-state index contributed by atoms with van der Waals surface area (Å²) in [7, 11) is 0. The number of fused-ring (bicyclic) bond motifs is 7. The molecule has 23 atom stereocenters. The number of aliphatic hydroxyl groups excluding tert-OH is 8. The molecule has 8 rings (SSSR count). The molecule has 15 nitrogen and oxygen atoms in total. The Bertz CT molecular complexity index is 1460. The molecule has 306 valence electrons. The zero-order valence-corrected chi connectivity index (χ0v) is 31.7. The molecule has 0 radical (unpaired) electrons. The number of aliphatic hydroxyl groups is 8. The molecule has 54 heavy (non-hydrogen) atoms. The molecule has 0 amide bonds. The van der Waals surface area contributed by atoms with E-state index in [0.29, 0.717) is 18.8 Å². The fourth-order valence-corrected chi connectivity index (χ4v) is 12.6. The van der Waals surface area contributed by atoms with Crippen LogP contribution in [0.15, 0.2) is 11.6 Å². The summed E-state index contributed by atoms with van der Waals surface area (Å²) < 4.78 is 36.4. The van der Waals surface area contributed by atoms with Crippen LogP contribution in [0.25, 0.3) is 0 Å². The minimum absolute atomic E-state index is 0.0402. The summed E-state index contributed by atoms with van der Waals surface area (Å²) in [5, 5.41) is 86.2.